The first-order valence-corrected chi connectivity index (χ1v) is 10.7. The lowest BCUT2D eigenvalue weighted by Gasteiger charge is -2.40. The number of benzene rings is 1. The van der Waals surface area contributed by atoms with Crippen molar-refractivity contribution in [3.05, 3.63) is 40.7 Å². The molecule has 1 aromatic heterocycles. The van der Waals surface area contributed by atoms with Gasteiger partial charge in [-0.1, -0.05) is 49.3 Å². The van der Waals surface area contributed by atoms with Crippen LogP contribution in [0, 0.1) is 0 Å². The standard InChI is InChI=1S/C19H24ClN5OS/c1-3-15-21-19-25(22-15)18(26)17(27-19)16(13-6-5-7-14(20)12-13)24-10-8-23(4-2)9-11-24/h5-7,12,16-17H,3-4,8-11H2,1-2H3. The quantitative estimate of drug-likeness (QED) is 0.762. The molecular formula is C19H24ClN5OS. The molecule has 1 fully saturated rings. The SMILES string of the molecule is CCc1nc2n(n1)C(=O)C(C(c1cccc(Cl)c1)N1CCN(CC)CC1)S2. The lowest BCUT2D eigenvalue weighted by molar-refractivity contribution is 0.0739. The molecule has 1 aromatic carbocycles. The number of nitrogens with zero attached hydrogens (tertiary/aromatic N) is 5. The Kier molecular flexibility index (Phi) is 5.55. The van der Waals surface area contributed by atoms with Crippen LogP contribution in [0.15, 0.2) is 29.4 Å². The second-order valence-electron chi connectivity index (χ2n) is 6.92. The number of piperazine rings is 1. The topological polar surface area (TPSA) is 54.3 Å². The zero-order valence-corrected chi connectivity index (χ0v) is 17.2. The van der Waals surface area contributed by atoms with E-state index in [0.29, 0.717) is 10.2 Å². The van der Waals surface area contributed by atoms with E-state index in [1.165, 1.54) is 16.4 Å². The molecule has 2 aliphatic rings. The predicted molar refractivity (Wildman–Crippen MR) is 108 cm³/mol. The maximum Gasteiger partial charge on any atom is 0.264 e. The highest BCUT2D eigenvalue weighted by Crippen LogP contribution is 2.41. The molecule has 2 aliphatic heterocycles. The minimum absolute atomic E-state index is 0.0186. The molecule has 3 heterocycles. The molecule has 2 unspecified atom stereocenters. The van der Waals surface area contributed by atoms with E-state index in [2.05, 4.69) is 32.9 Å². The number of halogens is 1. The van der Waals surface area contributed by atoms with Crippen molar-refractivity contribution in [2.45, 2.75) is 36.7 Å². The zero-order valence-electron chi connectivity index (χ0n) is 15.6. The van der Waals surface area contributed by atoms with Gasteiger partial charge >= 0.3 is 0 Å². The molecule has 6 nitrogen and oxygen atoms in total. The lowest BCUT2D eigenvalue weighted by Crippen LogP contribution is -2.50. The molecule has 0 bridgehead atoms. The Labute approximate surface area is 168 Å². The first kappa shape index (κ1) is 18.9. The maximum absolute atomic E-state index is 13.2. The number of fused-ring (bicyclic) bond motifs is 1. The fraction of sp³-hybridized carbons (Fsp3) is 0.526. The number of carbonyl (C=O) groups excluding carboxylic acids is 1. The van der Waals surface area contributed by atoms with Crippen molar-refractivity contribution in [1.82, 2.24) is 24.6 Å². The van der Waals surface area contributed by atoms with Gasteiger partial charge in [0.1, 0.15) is 5.25 Å². The van der Waals surface area contributed by atoms with Crippen molar-refractivity contribution in [3.63, 3.8) is 0 Å². The van der Waals surface area contributed by atoms with E-state index in [0.717, 1.165) is 50.5 Å². The van der Waals surface area contributed by atoms with E-state index in [1.807, 2.05) is 25.1 Å². The van der Waals surface area contributed by atoms with Crippen LogP contribution in [0.3, 0.4) is 0 Å². The van der Waals surface area contributed by atoms with Crippen LogP contribution >= 0.6 is 23.4 Å². The van der Waals surface area contributed by atoms with Crippen molar-refractivity contribution in [2.75, 3.05) is 32.7 Å². The molecule has 0 spiro atoms. The van der Waals surface area contributed by atoms with Crippen LogP contribution in [-0.4, -0.2) is 68.4 Å². The number of aromatic nitrogens is 3. The Hall–Kier alpha value is -1.41. The summed E-state index contributed by atoms with van der Waals surface area (Å²) in [5, 5.41) is 5.54. The Morgan fingerprint density at radius 1 is 1.26 bits per heavy atom. The highest BCUT2D eigenvalue weighted by Gasteiger charge is 2.43. The molecule has 2 aromatic rings. The number of carbonyl (C=O) groups is 1. The van der Waals surface area contributed by atoms with Gasteiger partial charge in [-0.15, -0.1) is 5.10 Å². The molecule has 0 saturated carbocycles. The van der Waals surface area contributed by atoms with E-state index < -0.39 is 0 Å². The fourth-order valence-corrected chi connectivity index (χ4v) is 5.29. The van der Waals surface area contributed by atoms with E-state index in [1.54, 1.807) is 0 Å². The summed E-state index contributed by atoms with van der Waals surface area (Å²) in [7, 11) is 0. The van der Waals surface area contributed by atoms with Gasteiger partial charge in [0.15, 0.2) is 11.0 Å². The van der Waals surface area contributed by atoms with E-state index in [9.17, 15) is 4.79 Å². The number of thioether (sulfide) groups is 1. The average Bonchev–Trinajstić information content (AvgIpc) is 3.22. The van der Waals surface area contributed by atoms with Crippen LogP contribution in [0.25, 0.3) is 0 Å². The Balaban J connectivity index is 1.64. The molecule has 0 aliphatic carbocycles. The van der Waals surface area contributed by atoms with E-state index >= 15 is 0 Å². The number of rotatable bonds is 5. The van der Waals surface area contributed by atoms with Gasteiger partial charge in [0.05, 0.1) is 6.04 Å². The van der Waals surface area contributed by atoms with Crippen molar-refractivity contribution in [3.8, 4) is 0 Å². The van der Waals surface area contributed by atoms with Gasteiger partial charge < -0.3 is 4.90 Å². The summed E-state index contributed by atoms with van der Waals surface area (Å²) in [6, 6.07) is 7.86. The Bertz CT molecular complexity index is 833. The third-order valence-electron chi connectivity index (χ3n) is 5.35. The smallest absolute Gasteiger partial charge is 0.264 e. The number of hydrogen-bond acceptors (Lipinski definition) is 6. The number of aryl methyl sites for hydroxylation is 1. The van der Waals surface area contributed by atoms with Crippen LogP contribution in [-0.2, 0) is 6.42 Å². The molecule has 0 amide bonds. The van der Waals surface area contributed by atoms with Crippen LogP contribution < -0.4 is 0 Å². The van der Waals surface area contributed by atoms with Crippen molar-refractivity contribution < 1.29 is 4.79 Å². The molecule has 144 valence electrons. The maximum atomic E-state index is 13.2. The Morgan fingerprint density at radius 2 is 2.04 bits per heavy atom. The van der Waals surface area contributed by atoms with Gasteiger partial charge in [0.2, 0.25) is 0 Å². The summed E-state index contributed by atoms with van der Waals surface area (Å²) in [5.74, 6) is 0.741. The molecule has 0 radical (unpaired) electrons. The van der Waals surface area contributed by atoms with E-state index in [-0.39, 0.29) is 17.2 Å². The second kappa shape index (κ2) is 7.91. The normalized spacial score (nSPS) is 22.2. The molecule has 1 saturated heterocycles. The summed E-state index contributed by atoms with van der Waals surface area (Å²) >= 11 is 7.81. The summed E-state index contributed by atoms with van der Waals surface area (Å²) in [6.45, 7) is 9.16. The average molecular weight is 406 g/mol. The molecule has 2 atom stereocenters. The summed E-state index contributed by atoms with van der Waals surface area (Å²) in [4.78, 5) is 22.5. The molecule has 27 heavy (non-hydrogen) atoms. The summed E-state index contributed by atoms with van der Waals surface area (Å²) < 4.78 is 1.49. The van der Waals surface area contributed by atoms with Crippen LogP contribution in [0.4, 0.5) is 0 Å². The van der Waals surface area contributed by atoms with Crippen LogP contribution in [0.2, 0.25) is 5.02 Å². The highest BCUT2D eigenvalue weighted by molar-refractivity contribution is 8.00. The lowest BCUT2D eigenvalue weighted by atomic mass is 10.00. The van der Waals surface area contributed by atoms with Gasteiger partial charge in [-0.3, -0.25) is 9.69 Å². The van der Waals surface area contributed by atoms with Crippen LogP contribution in [0.1, 0.15) is 36.1 Å². The first-order chi connectivity index (χ1) is 13.1. The molecular weight excluding hydrogens is 382 g/mol. The highest BCUT2D eigenvalue weighted by atomic mass is 35.5. The van der Waals surface area contributed by atoms with Gasteiger partial charge in [0.25, 0.3) is 5.91 Å². The summed E-state index contributed by atoms with van der Waals surface area (Å²) in [5.41, 5.74) is 1.08. The van der Waals surface area contributed by atoms with E-state index in [4.69, 9.17) is 11.6 Å². The summed E-state index contributed by atoms with van der Waals surface area (Å²) in [6.07, 6.45) is 0.731. The molecule has 4 rings (SSSR count). The molecule has 0 N–H and O–H groups in total. The van der Waals surface area contributed by atoms with Crippen molar-refractivity contribution >= 4 is 29.3 Å². The van der Waals surface area contributed by atoms with Gasteiger partial charge in [-0.25, -0.2) is 4.98 Å². The largest absolute Gasteiger partial charge is 0.301 e. The minimum atomic E-state index is -0.252. The second-order valence-corrected chi connectivity index (χ2v) is 8.47. The first-order valence-electron chi connectivity index (χ1n) is 9.49. The minimum Gasteiger partial charge on any atom is -0.301 e. The van der Waals surface area contributed by atoms with Crippen LogP contribution in [0.5, 0.6) is 0 Å². The number of likely N-dealkylation sites (N-methyl/N-ethyl adjacent to an activating group) is 1. The monoisotopic (exact) mass is 405 g/mol. The van der Waals surface area contributed by atoms with Gasteiger partial charge in [0, 0.05) is 37.6 Å². The third kappa shape index (κ3) is 3.66. The molecule has 8 heteroatoms. The van der Waals surface area contributed by atoms with Crippen molar-refractivity contribution in [2.24, 2.45) is 0 Å². The number of hydrogen-bond donors (Lipinski definition) is 0. The van der Waals surface area contributed by atoms with Gasteiger partial charge in [-0.2, -0.15) is 4.68 Å². The predicted octanol–water partition coefficient (Wildman–Crippen LogP) is 2.99. The Morgan fingerprint density at radius 3 is 2.67 bits per heavy atom. The van der Waals surface area contributed by atoms with Gasteiger partial charge in [-0.05, 0) is 24.2 Å². The zero-order chi connectivity index (χ0) is 19.0. The van der Waals surface area contributed by atoms with Crippen molar-refractivity contribution in [1.29, 1.82) is 0 Å². The fourth-order valence-electron chi connectivity index (χ4n) is 3.82. The third-order valence-corrected chi connectivity index (χ3v) is 6.77.